The van der Waals surface area contributed by atoms with Gasteiger partial charge in [0.2, 0.25) is 12.6 Å². The summed E-state index contributed by atoms with van der Waals surface area (Å²) < 4.78 is 18.0. The second kappa shape index (κ2) is 8.23. The number of fused-ring (bicyclic) bond motifs is 1. The van der Waals surface area contributed by atoms with E-state index in [1.165, 1.54) is 11.8 Å². The van der Waals surface area contributed by atoms with Crippen molar-refractivity contribution in [3.8, 4) is 17.2 Å². The third-order valence-electron chi connectivity index (χ3n) is 4.86. The molecule has 0 saturated heterocycles. The molecule has 0 saturated carbocycles. The molecule has 1 aliphatic rings. The molecule has 7 nitrogen and oxygen atoms in total. The Bertz CT molecular complexity index is 1140. The highest BCUT2D eigenvalue weighted by Gasteiger charge is 2.21. The summed E-state index contributed by atoms with van der Waals surface area (Å²) in [7, 11) is 0. The van der Waals surface area contributed by atoms with Gasteiger partial charge >= 0.3 is 5.97 Å². The number of carbonyl (C=O) groups excluding carboxylic acids is 2. The largest absolute Gasteiger partial charge is 0.454 e. The number of hydrogen-bond acceptors (Lipinski definition) is 7. The number of thioether (sulfide) groups is 1. The van der Waals surface area contributed by atoms with E-state index in [-0.39, 0.29) is 19.2 Å². The van der Waals surface area contributed by atoms with E-state index in [4.69, 9.17) is 14.2 Å². The molecule has 2 aromatic heterocycles. The first-order valence-corrected chi connectivity index (χ1v) is 10.5. The van der Waals surface area contributed by atoms with Crippen molar-refractivity contribution < 1.29 is 23.8 Å². The molecule has 0 bridgehead atoms. The maximum Gasteiger partial charge on any atom is 0.341 e. The molecular weight excluding hydrogens is 404 g/mol. The summed E-state index contributed by atoms with van der Waals surface area (Å²) in [5.74, 6) is 0.538. The van der Waals surface area contributed by atoms with Crippen molar-refractivity contribution in [1.82, 2.24) is 9.55 Å². The molecule has 0 amide bonds. The highest BCUT2D eigenvalue weighted by Crippen LogP contribution is 2.35. The van der Waals surface area contributed by atoms with E-state index in [1.54, 1.807) is 24.4 Å². The SMILES string of the molecule is CSc1ncccc1C(=O)OCC(=O)c1cc(C)n(-c2ccc3c(c2)OCO3)c1C. The van der Waals surface area contributed by atoms with Crippen LogP contribution in [0.1, 0.15) is 32.1 Å². The smallest absolute Gasteiger partial charge is 0.341 e. The van der Waals surface area contributed by atoms with E-state index in [0.29, 0.717) is 27.7 Å². The molecule has 1 aromatic carbocycles. The molecule has 0 spiro atoms. The molecule has 0 aliphatic carbocycles. The van der Waals surface area contributed by atoms with Crippen molar-refractivity contribution in [2.24, 2.45) is 0 Å². The molecule has 30 heavy (non-hydrogen) atoms. The molecule has 0 atom stereocenters. The van der Waals surface area contributed by atoms with Crippen molar-refractivity contribution >= 4 is 23.5 Å². The third kappa shape index (κ3) is 3.66. The van der Waals surface area contributed by atoms with Crippen molar-refractivity contribution in [3.05, 3.63) is 65.1 Å². The van der Waals surface area contributed by atoms with Gasteiger partial charge in [0.25, 0.3) is 0 Å². The molecular formula is C22H20N2O5S. The maximum atomic E-state index is 12.8. The van der Waals surface area contributed by atoms with Crippen LogP contribution < -0.4 is 9.47 Å². The zero-order valence-corrected chi connectivity index (χ0v) is 17.6. The first-order chi connectivity index (χ1) is 14.5. The fourth-order valence-corrected chi connectivity index (χ4v) is 4.00. The average molecular weight is 424 g/mol. The minimum Gasteiger partial charge on any atom is -0.454 e. The van der Waals surface area contributed by atoms with Gasteiger partial charge in [-0.15, -0.1) is 11.8 Å². The topological polar surface area (TPSA) is 79.7 Å². The number of rotatable bonds is 6. The third-order valence-corrected chi connectivity index (χ3v) is 5.58. The Labute approximate surface area is 178 Å². The number of aryl methyl sites for hydroxylation is 1. The van der Waals surface area contributed by atoms with Gasteiger partial charge in [-0.25, -0.2) is 9.78 Å². The molecule has 1 aliphatic heterocycles. The van der Waals surface area contributed by atoms with Gasteiger partial charge in [-0.2, -0.15) is 0 Å². The first kappa shape index (κ1) is 20.0. The predicted molar refractivity (Wildman–Crippen MR) is 112 cm³/mol. The Morgan fingerprint density at radius 3 is 2.73 bits per heavy atom. The monoisotopic (exact) mass is 424 g/mol. The fourth-order valence-electron chi connectivity index (χ4n) is 3.46. The van der Waals surface area contributed by atoms with E-state index in [2.05, 4.69) is 4.98 Å². The van der Waals surface area contributed by atoms with Crippen LogP contribution in [-0.2, 0) is 4.74 Å². The van der Waals surface area contributed by atoms with Gasteiger partial charge in [0, 0.05) is 34.9 Å². The highest BCUT2D eigenvalue weighted by atomic mass is 32.2. The van der Waals surface area contributed by atoms with E-state index in [1.807, 2.05) is 42.9 Å². The summed E-state index contributed by atoms with van der Waals surface area (Å²) in [6, 6.07) is 10.7. The molecule has 0 fully saturated rings. The van der Waals surface area contributed by atoms with Crippen molar-refractivity contribution in [3.63, 3.8) is 0 Å². The first-order valence-electron chi connectivity index (χ1n) is 9.28. The quantitative estimate of drug-likeness (QED) is 0.336. The molecule has 154 valence electrons. The second-order valence-electron chi connectivity index (χ2n) is 6.72. The van der Waals surface area contributed by atoms with Crippen LogP contribution in [0.15, 0.2) is 47.6 Å². The molecule has 0 N–H and O–H groups in total. The van der Waals surface area contributed by atoms with E-state index in [0.717, 1.165) is 17.1 Å². The number of ether oxygens (including phenoxy) is 3. The lowest BCUT2D eigenvalue weighted by molar-refractivity contribution is 0.0470. The molecule has 0 unspecified atom stereocenters. The molecule has 3 heterocycles. The van der Waals surface area contributed by atoms with Gasteiger partial charge in [0.15, 0.2) is 18.1 Å². The standard InChI is InChI=1S/C22H20N2O5S/c1-13-9-17(14(2)24(13)15-6-7-19-20(10-15)29-12-28-19)18(25)11-27-22(26)16-5-4-8-23-21(16)30-3/h4-10H,11-12H2,1-3H3. The van der Waals surface area contributed by atoms with Crippen LogP contribution in [0.5, 0.6) is 11.5 Å². The van der Waals surface area contributed by atoms with Crippen molar-refractivity contribution in [2.75, 3.05) is 19.7 Å². The number of esters is 1. The van der Waals surface area contributed by atoms with E-state index < -0.39 is 5.97 Å². The summed E-state index contributed by atoms with van der Waals surface area (Å²) in [4.78, 5) is 29.3. The molecule has 4 rings (SSSR count). The zero-order chi connectivity index (χ0) is 21.3. The van der Waals surface area contributed by atoms with Crippen LogP contribution in [0.2, 0.25) is 0 Å². The fraction of sp³-hybridized carbons (Fsp3) is 0.227. The molecule has 8 heteroatoms. The van der Waals surface area contributed by atoms with Crippen LogP contribution in [0.4, 0.5) is 0 Å². The average Bonchev–Trinajstić information content (AvgIpc) is 3.34. The molecule has 0 radical (unpaired) electrons. The van der Waals surface area contributed by atoms with Crippen LogP contribution in [0.25, 0.3) is 5.69 Å². The highest BCUT2D eigenvalue weighted by molar-refractivity contribution is 7.98. The van der Waals surface area contributed by atoms with Crippen LogP contribution >= 0.6 is 11.8 Å². The Morgan fingerprint density at radius 2 is 1.93 bits per heavy atom. The molecule has 3 aromatic rings. The lowest BCUT2D eigenvalue weighted by Gasteiger charge is -2.11. The number of benzene rings is 1. The minimum absolute atomic E-state index is 0.201. The predicted octanol–water partition coefficient (Wildman–Crippen LogP) is 3.98. The van der Waals surface area contributed by atoms with Gasteiger partial charge in [0.05, 0.1) is 5.56 Å². The Kier molecular flexibility index (Phi) is 5.50. The Hall–Kier alpha value is -3.26. The van der Waals surface area contributed by atoms with Gasteiger partial charge in [-0.1, -0.05) is 0 Å². The number of hydrogen-bond donors (Lipinski definition) is 0. The van der Waals surface area contributed by atoms with Gasteiger partial charge < -0.3 is 18.8 Å². The maximum absolute atomic E-state index is 12.8. The normalized spacial score (nSPS) is 12.1. The van der Waals surface area contributed by atoms with Crippen LogP contribution in [-0.4, -0.2) is 41.0 Å². The zero-order valence-electron chi connectivity index (χ0n) is 16.8. The lowest BCUT2D eigenvalue weighted by atomic mass is 10.1. The van der Waals surface area contributed by atoms with Gasteiger partial charge in [-0.05, 0) is 50.4 Å². The summed E-state index contributed by atoms with van der Waals surface area (Å²) in [5.41, 5.74) is 3.37. The van der Waals surface area contributed by atoms with Gasteiger partial charge in [-0.3, -0.25) is 4.79 Å². The number of nitrogens with zero attached hydrogens (tertiary/aromatic N) is 2. The minimum atomic E-state index is -0.564. The van der Waals surface area contributed by atoms with E-state index in [9.17, 15) is 9.59 Å². The summed E-state index contributed by atoms with van der Waals surface area (Å²) >= 11 is 1.35. The number of carbonyl (C=O) groups is 2. The lowest BCUT2D eigenvalue weighted by Crippen LogP contribution is -2.15. The Balaban J connectivity index is 1.53. The van der Waals surface area contributed by atoms with E-state index >= 15 is 0 Å². The van der Waals surface area contributed by atoms with Gasteiger partial charge in [0.1, 0.15) is 5.03 Å². The number of ketones is 1. The van der Waals surface area contributed by atoms with Crippen LogP contribution in [0.3, 0.4) is 0 Å². The number of aromatic nitrogens is 2. The van der Waals surface area contributed by atoms with Crippen LogP contribution in [0, 0.1) is 13.8 Å². The number of Topliss-reactive ketones (excluding diaryl/α,β-unsaturated/α-hetero) is 1. The van der Waals surface area contributed by atoms with Crippen molar-refractivity contribution in [2.45, 2.75) is 18.9 Å². The Morgan fingerprint density at radius 1 is 1.13 bits per heavy atom. The second-order valence-corrected chi connectivity index (χ2v) is 7.51. The number of pyridine rings is 1. The van der Waals surface area contributed by atoms with Crippen molar-refractivity contribution in [1.29, 1.82) is 0 Å². The summed E-state index contributed by atoms with van der Waals surface area (Å²) in [6.45, 7) is 3.64. The summed E-state index contributed by atoms with van der Waals surface area (Å²) in [6.07, 6.45) is 3.44. The summed E-state index contributed by atoms with van der Waals surface area (Å²) in [5, 5.41) is 0.566.